The van der Waals surface area contributed by atoms with Crippen LogP contribution in [0.25, 0.3) is 0 Å². The van der Waals surface area contributed by atoms with E-state index in [0.29, 0.717) is 36.0 Å². The van der Waals surface area contributed by atoms with Gasteiger partial charge in [0.05, 0.1) is 31.0 Å². The van der Waals surface area contributed by atoms with Gasteiger partial charge in [0.25, 0.3) is 0 Å². The fourth-order valence-corrected chi connectivity index (χ4v) is 5.46. The first-order chi connectivity index (χ1) is 12.3. The maximum absolute atomic E-state index is 11.7. The van der Waals surface area contributed by atoms with Crippen molar-refractivity contribution in [2.75, 3.05) is 7.11 Å². The molecule has 1 aliphatic carbocycles. The Bertz CT molecular complexity index is 532. The normalized spacial score (nSPS) is 43.7. The van der Waals surface area contributed by atoms with Gasteiger partial charge >= 0.3 is 5.97 Å². The van der Waals surface area contributed by atoms with Crippen LogP contribution >= 0.6 is 0 Å². The van der Waals surface area contributed by atoms with Gasteiger partial charge in [-0.2, -0.15) is 0 Å². The minimum atomic E-state index is -0.951. The summed E-state index contributed by atoms with van der Waals surface area (Å²) >= 11 is 0. The average molecular weight is 366 g/mol. The summed E-state index contributed by atoms with van der Waals surface area (Å²) in [4.78, 5) is 11.7. The van der Waals surface area contributed by atoms with E-state index in [9.17, 15) is 9.90 Å². The van der Waals surface area contributed by atoms with E-state index in [-0.39, 0.29) is 24.1 Å². The molecule has 2 heterocycles. The molecule has 1 saturated carbocycles. The molecule has 0 aromatic heterocycles. The van der Waals surface area contributed by atoms with E-state index in [1.807, 2.05) is 0 Å². The van der Waals surface area contributed by atoms with Crippen LogP contribution in [0.15, 0.2) is 12.2 Å². The third kappa shape index (κ3) is 3.71. The summed E-state index contributed by atoms with van der Waals surface area (Å²) in [5.74, 6) is 2.11. The third-order valence-corrected chi connectivity index (χ3v) is 7.14. The Hall–Kier alpha value is -0.910. The fourth-order valence-electron chi connectivity index (χ4n) is 5.46. The Labute approximate surface area is 157 Å². The maximum atomic E-state index is 11.7. The molecule has 0 radical (unpaired) electrons. The first-order valence-electron chi connectivity index (χ1n) is 10.1. The lowest BCUT2D eigenvalue weighted by atomic mass is 9.60. The molecule has 26 heavy (non-hydrogen) atoms. The summed E-state index contributed by atoms with van der Waals surface area (Å²) in [6.07, 6.45) is 3.99. The number of carbonyl (C=O) groups excluding carboxylic acids is 1. The number of carbonyl (C=O) groups is 1. The lowest BCUT2D eigenvalue weighted by Gasteiger charge is -2.52. The molecular weight excluding hydrogens is 332 g/mol. The van der Waals surface area contributed by atoms with Gasteiger partial charge in [-0.1, -0.05) is 26.8 Å². The maximum Gasteiger partial charge on any atom is 0.335 e. The van der Waals surface area contributed by atoms with Gasteiger partial charge in [-0.3, -0.25) is 0 Å². The summed E-state index contributed by atoms with van der Waals surface area (Å²) in [5, 5.41) is 10.4. The van der Waals surface area contributed by atoms with E-state index in [4.69, 9.17) is 9.47 Å². The van der Waals surface area contributed by atoms with Crippen LogP contribution in [0.2, 0.25) is 0 Å². The van der Waals surface area contributed by atoms with Crippen molar-refractivity contribution in [1.82, 2.24) is 0 Å². The van der Waals surface area contributed by atoms with Gasteiger partial charge in [0.15, 0.2) is 6.29 Å². The lowest BCUT2D eigenvalue weighted by Crippen LogP contribution is -2.53. The van der Waals surface area contributed by atoms with Crippen LogP contribution in [-0.4, -0.2) is 42.8 Å². The molecule has 0 aromatic rings. The summed E-state index contributed by atoms with van der Waals surface area (Å²) in [7, 11) is 1.30. The Morgan fingerprint density at radius 1 is 1.15 bits per heavy atom. The highest BCUT2D eigenvalue weighted by Gasteiger charge is 2.52. The molecule has 9 unspecified atom stereocenters. The highest BCUT2D eigenvalue weighted by Crippen LogP contribution is 2.52. The van der Waals surface area contributed by atoms with Crippen molar-refractivity contribution in [3.8, 4) is 0 Å². The summed E-state index contributed by atoms with van der Waals surface area (Å²) < 4.78 is 17.3. The van der Waals surface area contributed by atoms with E-state index in [2.05, 4.69) is 32.1 Å². The van der Waals surface area contributed by atoms with Crippen molar-refractivity contribution in [3.63, 3.8) is 0 Å². The molecule has 9 atom stereocenters. The zero-order chi connectivity index (χ0) is 19.0. The van der Waals surface area contributed by atoms with Gasteiger partial charge in [0.2, 0.25) is 0 Å². The molecule has 148 valence electrons. The van der Waals surface area contributed by atoms with E-state index < -0.39 is 12.1 Å². The highest BCUT2D eigenvalue weighted by molar-refractivity contribution is 5.88. The van der Waals surface area contributed by atoms with Gasteiger partial charge in [0.1, 0.15) is 0 Å². The predicted molar refractivity (Wildman–Crippen MR) is 98.3 cm³/mol. The molecule has 3 fully saturated rings. The van der Waals surface area contributed by atoms with Crippen LogP contribution in [0.5, 0.6) is 0 Å². The van der Waals surface area contributed by atoms with Crippen LogP contribution in [0, 0.1) is 29.6 Å². The van der Waals surface area contributed by atoms with Gasteiger partial charge in [0, 0.05) is 12.3 Å². The van der Waals surface area contributed by atoms with Crippen molar-refractivity contribution >= 4 is 5.97 Å². The van der Waals surface area contributed by atoms with E-state index >= 15 is 0 Å². The number of hydrogen-bond acceptors (Lipinski definition) is 5. The molecule has 1 N–H and O–H groups in total. The molecule has 5 heteroatoms. The molecule has 3 rings (SSSR count). The van der Waals surface area contributed by atoms with Gasteiger partial charge < -0.3 is 19.3 Å². The van der Waals surface area contributed by atoms with Crippen LogP contribution < -0.4 is 0 Å². The summed E-state index contributed by atoms with van der Waals surface area (Å²) in [6.45, 7) is 10.4. The molecule has 0 spiro atoms. The monoisotopic (exact) mass is 366 g/mol. The number of rotatable bonds is 4. The Balaban J connectivity index is 1.77. The Morgan fingerprint density at radius 2 is 1.85 bits per heavy atom. The van der Waals surface area contributed by atoms with E-state index in [1.54, 1.807) is 0 Å². The zero-order valence-corrected chi connectivity index (χ0v) is 16.5. The van der Waals surface area contributed by atoms with E-state index in [0.717, 1.165) is 6.42 Å². The fraction of sp³-hybridized carbons (Fsp3) is 0.857. The Kier molecular flexibility index (Phi) is 6.10. The second-order valence-corrected chi connectivity index (χ2v) is 8.65. The predicted octanol–water partition coefficient (Wildman–Crippen LogP) is 3.31. The molecular formula is C21H34O5. The second-order valence-electron chi connectivity index (χ2n) is 8.65. The van der Waals surface area contributed by atoms with Crippen molar-refractivity contribution in [2.24, 2.45) is 29.6 Å². The number of esters is 1. The van der Waals surface area contributed by atoms with Crippen molar-refractivity contribution in [2.45, 2.75) is 77.5 Å². The van der Waals surface area contributed by atoms with Gasteiger partial charge in [-0.05, 0) is 49.9 Å². The number of aliphatic hydroxyl groups is 1. The summed E-state index contributed by atoms with van der Waals surface area (Å²) in [6, 6.07) is 0. The molecule has 3 aliphatic rings. The number of aliphatic hydroxyl groups excluding tert-OH is 1. The third-order valence-electron chi connectivity index (χ3n) is 7.14. The number of methoxy groups -OCH3 is 1. The Morgan fingerprint density at radius 3 is 2.54 bits per heavy atom. The standard InChI is InChI=1S/C21H34O5/c1-11-6-8-16-13(3)18(10-17(22)14(4)20(23)24-5)26-21-19(16)15(11)9-7-12(2)25-21/h11-13,15-19,21-22H,4,6-10H2,1-3,5H3. The number of ether oxygens (including phenoxy) is 3. The van der Waals surface area contributed by atoms with Crippen LogP contribution in [0.1, 0.15) is 52.9 Å². The molecule has 2 aliphatic heterocycles. The largest absolute Gasteiger partial charge is 0.466 e. The first kappa shape index (κ1) is 19.8. The molecule has 2 saturated heterocycles. The second kappa shape index (κ2) is 7.99. The van der Waals surface area contributed by atoms with Gasteiger partial charge in [-0.15, -0.1) is 0 Å². The smallest absolute Gasteiger partial charge is 0.335 e. The summed E-state index contributed by atoms with van der Waals surface area (Å²) in [5.41, 5.74) is 0.0933. The van der Waals surface area contributed by atoms with E-state index in [1.165, 1.54) is 26.4 Å². The lowest BCUT2D eigenvalue weighted by molar-refractivity contribution is -0.280. The molecule has 0 bridgehead atoms. The average Bonchev–Trinajstić information content (AvgIpc) is 2.79. The van der Waals surface area contributed by atoms with Crippen molar-refractivity contribution < 1.29 is 24.1 Å². The quantitative estimate of drug-likeness (QED) is 0.611. The topological polar surface area (TPSA) is 65.0 Å². The molecule has 0 amide bonds. The number of hydrogen-bond donors (Lipinski definition) is 1. The molecule has 0 aromatic carbocycles. The highest BCUT2D eigenvalue weighted by atomic mass is 16.7. The van der Waals surface area contributed by atoms with Crippen molar-refractivity contribution in [1.29, 1.82) is 0 Å². The SMILES string of the molecule is C=C(C(=O)OC)C(O)CC1OC2OC(C)CCC3C(C)CCC(C1C)C23. The van der Waals surface area contributed by atoms with Crippen LogP contribution in [0.3, 0.4) is 0 Å². The minimum absolute atomic E-state index is 0.0933. The minimum Gasteiger partial charge on any atom is -0.466 e. The van der Waals surface area contributed by atoms with Gasteiger partial charge in [-0.25, -0.2) is 4.79 Å². The van der Waals surface area contributed by atoms with Crippen molar-refractivity contribution in [3.05, 3.63) is 12.2 Å². The van der Waals surface area contributed by atoms with Crippen LogP contribution in [0.4, 0.5) is 0 Å². The zero-order valence-electron chi connectivity index (χ0n) is 16.5. The first-order valence-corrected chi connectivity index (χ1v) is 10.1. The molecule has 5 nitrogen and oxygen atoms in total. The van der Waals surface area contributed by atoms with Crippen LogP contribution in [-0.2, 0) is 19.0 Å².